The lowest BCUT2D eigenvalue weighted by molar-refractivity contribution is -0.114. The second kappa shape index (κ2) is 4.99. The fourth-order valence-corrected chi connectivity index (χ4v) is 5.03. The summed E-state index contributed by atoms with van der Waals surface area (Å²) in [7, 11) is 0. The Labute approximate surface area is 132 Å². The van der Waals surface area contributed by atoms with Crippen LogP contribution in [0.4, 0.5) is 0 Å². The smallest absolute Gasteiger partial charge is 0.219 e. The number of aliphatic hydroxyl groups excluding tert-OH is 2. The number of carbonyl (C=O) groups excluding carboxylic acids is 1. The van der Waals surface area contributed by atoms with E-state index in [2.05, 4.69) is 25.7 Å². The largest absolute Gasteiger partial charge is 0.504 e. The van der Waals surface area contributed by atoms with Gasteiger partial charge in [-0.1, -0.05) is 19.8 Å². The molecule has 22 heavy (non-hydrogen) atoms. The summed E-state index contributed by atoms with van der Waals surface area (Å²) in [6.07, 6.45) is 6.41. The van der Waals surface area contributed by atoms with Gasteiger partial charge in [0.1, 0.15) is 0 Å². The van der Waals surface area contributed by atoms with Crippen LogP contribution in [0, 0.1) is 34.5 Å². The van der Waals surface area contributed by atoms with E-state index in [0.717, 1.165) is 31.3 Å². The SMILES string of the molecule is CC#CC12C=C(O)C(=O)C=C1C1(C)CCC(O)C(C)C1CC2. The highest BCUT2D eigenvalue weighted by atomic mass is 16.3. The van der Waals surface area contributed by atoms with Crippen LogP contribution in [0.2, 0.25) is 0 Å². The van der Waals surface area contributed by atoms with Crippen LogP contribution in [0.25, 0.3) is 0 Å². The van der Waals surface area contributed by atoms with E-state index in [9.17, 15) is 15.0 Å². The van der Waals surface area contributed by atoms with E-state index >= 15 is 0 Å². The molecule has 5 unspecified atom stereocenters. The van der Waals surface area contributed by atoms with Gasteiger partial charge in [-0.2, -0.15) is 0 Å². The van der Waals surface area contributed by atoms with Crippen molar-refractivity contribution in [2.24, 2.45) is 22.7 Å². The second-order valence-electron chi connectivity index (χ2n) is 7.33. The first-order valence-corrected chi connectivity index (χ1v) is 8.15. The van der Waals surface area contributed by atoms with Gasteiger partial charge >= 0.3 is 0 Å². The summed E-state index contributed by atoms with van der Waals surface area (Å²) < 4.78 is 0. The van der Waals surface area contributed by atoms with Gasteiger partial charge in [0.2, 0.25) is 5.78 Å². The van der Waals surface area contributed by atoms with Crippen LogP contribution in [0.15, 0.2) is 23.5 Å². The minimum atomic E-state index is -0.514. The summed E-state index contributed by atoms with van der Waals surface area (Å²) in [6, 6.07) is 0. The Morgan fingerprint density at radius 2 is 2.05 bits per heavy atom. The number of hydrogen-bond acceptors (Lipinski definition) is 3. The molecule has 3 heteroatoms. The second-order valence-corrected chi connectivity index (χ2v) is 7.33. The Morgan fingerprint density at radius 3 is 2.73 bits per heavy atom. The van der Waals surface area contributed by atoms with Gasteiger partial charge in [-0.05, 0) is 67.6 Å². The molecule has 0 aromatic heterocycles. The van der Waals surface area contributed by atoms with Gasteiger partial charge in [-0.15, -0.1) is 5.92 Å². The summed E-state index contributed by atoms with van der Waals surface area (Å²) >= 11 is 0. The van der Waals surface area contributed by atoms with Crippen LogP contribution in [0.5, 0.6) is 0 Å². The molecule has 0 saturated heterocycles. The summed E-state index contributed by atoms with van der Waals surface area (Å²) in [6.45, 7) is 6.12. The predicted octanol–water partition coefficient (Wildman–Crippen LogP) is 3.15. The Balaban J connectivity index is 2.13. The van der Waals surface area contributed by atoms with Gasteiger partial charge in [0.25, 0.3) is 0 Å². The molecule has 5 atom stereocenters. The average Bonchev–Trinajstić information content (AvgIpc) is 2.46. The quantitative estimate of drug-likeness (QED) is 0.676. The van der Waals surface area contributed by atoms with Crippen LogP contribution < -0.4 is 0 Å². The molecule has 118 valence electrons. The maximum absolute atomic E-state index is 12.1. The van der Waals surface area contributed by atoms with E-state index in [4.69, 9.17) is 0 Å². The maximum Gasteiger partial charge on any atom is 0.219 e. The normalized spacial score (nSPS) is 44.0. The molecule has 0 aromatic carbocycles. The van der Waals surface area contributed by atoms with Crippen LogP contribution in [-0.2, 0) is 4.79 Å². The predicted molar refractivity (Wildman–Crippen MR) is 84.9 cm³/mol. The van der Waals surface area contributed by atoms with E-state index in [1.807, 2.05) is 0 Å². The van der Waals surface area contributed by atoms with Crippen LogP contribution >= 0.6 is 0 Å². The van der Waals surface area contributed by atoms with Gasteiger partial charge in [-0.25, -0.2) is 0 Å². The molecule has 3 rings (SSSR count). The topological polar surface area (TPSA) is 57.5 Å². The van der Waals surface area contributed by atoms with Crippen molar-refractivity contribution in [3.8, 4) is 11.8 Å². The number of ketones is 1. The van der Waals surface area contributed by atoms with Crippen molar-refractivity contribution in [3.63, 3.8) is 0 Å². The van der Waals surface area contributed by atoms with Crippen LogP contribution in [-0.4, -0.2) is 22.1 Å². The third-order valence-electron chi connectivity index (χ3n) is 6.22. The van der Waals surface area contributed by atoms with Crippen molar-refractivity contribution in [1.82, 2.24) is 0 Å². The fourth-order valence-electron chi connectivity index (χ4n) is 5.03. The third-order valence-corrected chi connectivity index (χ3v) is 6.22. The molecule has 0 heterocycles. The van der Waals surface area contributed by atoms with Crippen molar-refractivity contribution in [3.05, 3.63) is 23.5 Å². The number of carbonyl (C=O) groups is 1. The van der Waals surface area contributed by atoms with Gasteiger partial charge in [0.05, 0.1) is 11.5 Å². The molecule has 0 aromatic rings. The average molecular weight is 300 g/mol. The first-order chi connectivity index (χ1) is 10.3. The Hall–Kier alpha value is -1.53. The highest BCUT2D eigenvalue weighted by molar-refractivity contribution is 6.04. The minimum Gasteiger partial charge on any atom is -0.504 e. The number of fused-ring (bicyclic) bond motifs is 3. The van der Waals surface area contributed by atoms with Gasteiger partial charge in [-0.3, -0.25) is 4.79 Å². The molecular weight excluding hydrogens is 276 g/mol. The zero-order chi connectivity index (χ0) is 16.1. The molecule has 2 saturated carbocycles. The molecule has 0 spiro atoms. The lowest BCUT2D eigenvalue weighted by atomic mass is 9.47. The zero-order valence-corrected chi connectivity index (χ0v) is 13.5. The van der Waals surface area contributed by atoms with E-state index < -0.39 is 5.41 Å². The molecular formula is C19H24O3. The first-order valence-electron chi connectivity index (χ1n) is 8.15. The van der Waals surface area contributed by atoms with E-state index in [-0.39, 0.29) is 29.0 Å². The van der Waals surface area contributed by atoms with Crippen molar-refractivity contribution in [2.45, 2.75) is 52.6 Å². The molecule has 3 nitrogen and oxygen atoms in total. The van der Waals surface area contributed by atoms with Gasteiger partial charge in [0, 0.05) is 0 Å². The van der Waals surface area contributed by atoms with Crippen molar-refractivity contribution in [2.75, 3.05) is 0 Å². The van der Waals surface area contributed by atoms with E-state index in [1.54, 1.807) is 19.1 Å². The Kier molecular flexibility index (Phi) is 3.49. The molecule has 2 N–H and O–H groups in total. The van der Waals surface area contributed by atoms with E-state index in [0.29, 0.717) is 5.92 Å². The summed E-state index contributed by atoms with van der Waals surface area (Å²) in [5.74, 6) is 6.34. The first kappa shape index (κ1) is 15.4. The molecule has 0 amide bonds. The van der Waals surface area contributed by atoms with Crippen molar-refractivity contribution < 1.29 is 15.0 Å². The molecule has 0 aliphatic heterocycles. The minimum absolute atomic E-state index is 0.131. The summed E-state index contributed by atoms with van der Waals surface area (Å²) in [4.78, 5) is 12.1. The Morgan fingerprint density at radius 1 is 1.32 bits per heavy atom. The lowest BCUT2D eigenvalue weighted by Crippen LogP contribution is -2.51. The standard InChI is InChI=1S/C19H24O3/c1-4-7-19-9-5-13-12(2)14(20)6-8-18(13,3)17(19)10-15(21)16(22)11-19/h10-14,20,22H,5-6,8-9H2,1-3H3. The van der Waals surface area contributed by atoms with Crippen molar-refractivity contribution in [1.29, 1.82) is 0 Å². The van der Waals surface area contributed by atoms with Gasteiger partial charge < -0.3 is 10.2 Å². The molecule has 3 aliphatic carbocycles. The molecule has 2 fully saturated rings. The lowest BCUT2D eigenvalue weighted by Gasteiger charge is -2.56. The number of aliphatic hydroxyl groups is 2. The molecule has 3 aliphatic rings. The third kappa shape index (κ3) is 1.97. The summed E-state index contributed by atoms with van der Waals surface area (Å²) in [5.41, 5.74) is 0.403. The van der Waals surface area contributed by atoms with Crippen LogP contribution in [0.1, 0.15) is 46.5 Å². The maximum atomic E-state index is 12.1. The molecule has 0 bridgehead atoms. The van der Waals surface area contributed by atoms with Gasteiger partial charge in [0.15, 0.2) is 5.76 Å². The highest BCUT2D eigenvalue weighted by Gasteiger charge is 2.55. The van der Waals surface area contributed by atoms with Crippen molar-refractivity contribution >= 4 is 5.78 Å². The Bertz CT molecular complexity index is 633. The fraction of sp³-hybridized carbons (Fsp3) is 0.632. The molecule has 0 radical (unpaired) electrons. The number of allylic oxidation sites excluding steroid dienone is 3. The monoisotopic (exact) mass is 300 g/mol. The van der Waals surface area contributed by atoms with E-state index in [1.165, 1.54) is 0 Å². The van der Waals surface area contributed by atoms with Crippen LogP contribution in [0.3, 0.4) is 0 Å². The highest BCUT2D eigenvalue weighted by Crippen LogP contribution is 2.62. The number of rotatable bonds is 0. The number of hydrogen-bond donors (Lipinski definition) is 2. The zero-order valence-electron chi connectivity index (χ0n) is 13.5. The summed E-state index contributed by atoms with van der Waals surface area (Å²) in [5, 5.41) is 20.2.